The second-order valence-corrected chi connectivity index (χ2v) is 4.87. The van der Waals surface area contributed by atoms with E-state index in [2.05, 4.69) is 18.7 Å². The highest BCUT2D eigenvalue weighted by molar-refractivity contribution is 5.66. The van der Waals surface area contributed by atoms with E-state index in [1.165, 1.54) is 6.42 Å². The number of carbonyl (C=O) groups excluding carboxylic acids is 1. The van der Waals surface area contributed by atoms with Crippen LogP contribution in [0.15, 0.2) is 24.5 Å². The Morgan fingerprint density at radius 1 is 1.47 bits per heavy atom. The maximum atomic E-state index is 11.1. The van der Waals surface area contributed by atoms with Crippen molar-refractivity contribution in [2.75, 3.05) is 0 Å². The number of ether oxygens (including phenoxy) is 2. The molecule has 1 heterocycles. The van der Waals surface area contributed by atoms with Gasteiger partial charge in [-0.05, 0) is 31.6 Å². The van der Waals surface area contributed by atoms with Gasteiger partial charge in [0, 0.05) is 5.92 Å². The van der Waals surface area contributed by atoms with Crippen molar-refractivity contribution in [3.63, 3.8) is 0 Å². The molecule has 1 aliphatic heterocycles. The third-order valence-corrected chi connectivity index (χ3v) is 4.04. The first-order chi connectivity index (χ1) is 7.09. The molecule has 0 unspecified atom stereocenters. The predicted molar refractivity (Wildman–Crippen MR) is 54.0 cm³/mol. The largest absolute Gasteiger partial charge is 0.514 e. The highest BCUT2D eigenvalue weighted by Gasteiger charge is 2.54. The molecule has 2 bridgehead atoms. The maximum Gasteiger partial charge on any atom is 0.514 e. The van der Waals surface area contributed by atoms with E-state index in [0.29, 0.717) is 23.5 Å². The minimum atomic E-state index is -0.610. The van der Waals surface area contributed by atoms with E-state index in [4.69, 9.17) is 9.47 Å². The highest BCUT2D eigenvalue weighted by atomic mass is 16.8. The van der Waals surface area contributed by atoms with Crippen LogP contribution in [-0.4, -0.2) is 11.8 Å². The number of carbonyl (C=O) groups is 1. The lowest BCUT2D eigenvalue weighted by Gasteiger charge is -2.32. The van der Waals surface area contributed by atoms with Gasteiger partial charge in [0.25, 0.3) is 0 Å². The zero-order valence-corrected chi connectivity index (χ0v) is 8.73. The molecule has 2 fully saturated rings. The molecule has 3 aliphatic rings. The normalized spacial score (nSPS) is 47.1. The van der Waals surface area contributed by atoms with Gasteiger partial charge in [0.2, 0.25) is 0 Å². The summed E-state index contributed by atoms with van der Waals surface area (Å²) >= 11 is 0. The molecular formula is C12H14O3. The first-order valence-electron chi connectivity index (χ1n) is 5.38. The van der Waals surface area contributed by atoms with E-state index < -0.39 is 11.8 Å². The average molecular weight is 206 g/mol. The summed E-state index contributed by atoms with van der Waals surface area (Å²) in [5.74, 6) is 1.99. The lowest BCUT2D eigenvalue weighted by Crippen LogP contribution is -2.38. The van der Waals surface area contributed by atoms with Crippen LogP contribution in [0.3, 0.4) is 0 Å². The fourth-order valence-corrected chi connectivity index (χ4v) is 3.15. The molecule has 0 aromatic heterocycles. The van der Waals surface area contributed by atoms with Crippen molar-refractivity contribution in [2.24, 2.45) is 17.8 Å². The second kappa shape index (κ2) is 2.65. The summed E-state index contributed by atoms with van der Waals surface area (Å²) in [4.78, 5) is 11.1. The molecule has 1 saturated heterocycles. The van der Waals surface area contributed by atoms with Crippen LogP contribution < -0.4 is 0 Å². The molecule has 0 aromatic rings. The van der Waals surface area contributed by atoms with Gasteiger partial charge in [-0.1, -0.05) is 18.7 Å². The third-order valence-electron chi connectivity index (χ3n) is 4.04. The fourth-order valence-electron chi connectivity index (χ4n) is 3.15. The van der Waals surface area contributed by atoms with Crippen LogP contribution in [-0.2, 0) is 9.47 Å². The summed E-state index contributed by atoms with van der Waals surface area (Å²) in [6, 6.07) is 0. The van der Waals surface area contributed by atoms with Crippen LogP contribution >= 0.6 is 0 Å². The standard InChI is InChI=1S/C12H14O3/c1-7-12(2,15-11(13)14-7)10-6-8-3-4-9(10)5-8/h3-4,8-10H,1,5-6H2,2H3/t8-,9+,10+,12+/m0/s1. The van der Waals surface area contributed by atoms with E-state index in [0.717, 1.165) is 6.42 Å². The highest BCUT2D eigenvalue weighted by Crippen LogP contribution is 2.52. The maximum absolute atomic E-state index is 11.1. The van der Waals surface area contributed by atoms with E-state index in [9.17, 15) is 4.79 Å². The van der Waals surface area contributed by atoms with E-state index in [-0.39, 0.29) is 0 Å². The summed E-state index contributed by atoms with van der Waals surface area (Å²) in [7, 11) is 0. The number of allylic oxidation sites excluding steroid dienone is 2. The minimum Gasteiger partial charge on any atom is -0.419 e. The van der Waals surface area contributed by atoms with Crippen molar-refractivity contribution < 1.29 is 14.3 Å². The van der Waals surface area contributed by atoms with Crippen molar-refractivity contribution in [1.82, 2.24) is 0 Å². The first kappa shape index (κ1) is 9.01. The quantitative estimate of drug-likeness (QED) is 0.488. The van der Waals surface area contributed by atoms with Crippen LogP contribution in [0.4, 0.5) is 4.79 Å². The molecule has 3 nitrogen and oxygen atoms in total. The third kappa shape index (κ3) is 1.09. The monoisotopic (exact) mass is 206 g/mol. The van der Waals surface area contributed by atoms with Crippen molar-refractivity contribution in [3.05, 3.63) is 24.5 Å². The Bertz CT molecular complexity index is 371. The molecule has 0 radical (unpaired) electrons. The van der Waals surface area contributed by atoms with Crippen molar-refractivity contribution in [1.29, 1.82) is 0 Å². The molecule has 15 heavy (non-hydrogen) atoms. The summed E-state index contributed by atoms with van der Waals surface area (Å²) in [5.41, 5.74) is -0.610. The number of rotatable bonds is 1. The van der Waals surface area contributed by atoms with Crippen LogP contribution in [0.2, 0.25) is 0 Å². The zero-order valence-electron chi connectivity index (χ0n) is 8.73. The molecule has 3 heteroatoms. The number of fused-ring (bicyclic) bond motifs is 2. The van der Waals surface area contributed by atoms with E-state index >= 15 is 0 Å². The second-order valence-electron chi connectivity index (χ2n) is 4.87. The lowest BCUT2D eigenvalue weighted by molar-refractivity contribution is 0.0257. The molecular weight excluding hydrogens is 192 g/mol. The molecule has 2 aliphatic carbocycles. The van der Waals surface area contributed by atoms with E-state index in [1.807, 2.05) is 6.92 Å². The van der Waals surface area contributed by atoms with Crippen molar-refractivity contribution in [2.45, 2.75) is 25.4 Å². The Morgan fingerprint density at radius 2 is 2.27 bits per heavy atom. The Hall–Kier alpha value is -1.25. The van der Waals surface area contributed by atoms with Gasteiger partial charge in [-0.2, -0.15) is 0 Å². The molecule has 0 aromatic carbocycles. The Morgan fingerprint density at radius 3 is 2.73 bits per heavy atom. The Kier molecular flexibility index (Phi) is 1.59. The van der Waals surface area contributed by atoms with Gasteiger partial charge in [-0.25, -0.2) is 4.79 Å². The van der Waals surface area contributed by atoms with Crippen LogP contribution in [0, 0.1) is 17.8 Å². The van der Waals surface area contributed by atoms with Crippen molar-refractivity contribution >= 4 is 6.16 Å². The summed E-state index contributed by atoms with van der Waals surface area (Å²) < 4.78 is 10.2. The van der Waals surface area contributed by atoms with Gasteiger partial charge in [0.15, 0.2) is 5.60 Å². The molecule has 3 rings (SSSR count). The molecule has 0 N–H and O–H groups in total. The summed E-state index contributed by atoms with van der Waals surface area (Å²) in [6.45, 7) is 5.71. The molecule has 1 saturated carbocycles. The minimum absolute atomic E-state index is 0.339. The Labute approximate surface area is 88.7 Å². The predicted octanol–water partition coefficient (Wildman–Crippen LogP) is 2.64. The van der Waals surface area contributed by atoms with Gasteiger partial charge in [-0.15, -0.1) is 0 Å². The number of hydrogen-bond acceptors (Lipinski definition) is 3. The molecule has 0 spiro atoms. The van der Waals surface area contributed by atoms with Gasteiger partial charge in [0.05, 0.1) is 0 Å². The average Bonchev–Trinajstić information content (AvgIpc) is 2.82. The van der Waals surface area contributed by atoms with Gasteiger partial charge in [0.1, 0.15) is 5.76 Å². The summed E-state index contributed by atoms with van der Waals surface area (Å²) in [6.07, 6.45) is 6.17. The number of hydrogen-bond donors (Lipinski definition) is 0. The smallest absolute Gasteiger partial charge is 0.419 e. The molecule has 80 valence electrons. The van der Waals surface area contributed by atoms with Gasteiger partial charge in [-0.3, -0.25) is 0 Å². The topological polar surface area (TPSA) is 35.5 Å². The van der Waals surface area contributed by atoms with Crippen LogP contribution in [0.25, 0.3) is 0 Å². The van der Waals surface area contributed by atoms with E-state index in [1.54, 1.807) is 0 Å². The fraction of sp³-hybridized carbons (Fsp3) is 0.583. The summed E-state index contributed by atoms with van der Waals surface area (Å²) in [5, 5.41) is 0. The lowest BCUT2D eigenvalue weighted by atomic mass is 9.78. The molecule has 4 atom stereocenters. The van der Waals surface area contributed by atoms with Gasteiger partial charge >= 0.3 is 6.16 Å². The SMILES string of the molecule is C=C1OC(=O)O[C@@]1(C)[C@@H]1C[C@H]2C=C[C@@H]1C2. The van der Waals surface area contributed by atoms with Crippen LogP contribution in [0.5, 0.6) is 0 Å². The Balaban J connectivity index is 1.91. The number of cyclic esters (lactones) is 2. The van der Waals surface area contributed by atoms with Crippen molar-refractivity contribution in [3.8, 4) is 0 Å². The van der Waals surface area contributed by atoms with Gasteiger partial charge < -0.3 is 9.47 Å². The molecule has 0 amide bonds. The van der Waals surface area contributed by atoms with Crippen LogP contribution in [0.1, 0.15) is 19.8 Å². The first-order valence-corrected chi connectivity index (χ1v) is 5.38. The zero-order chi connectivity index (χ0) is 10.6.